The number of thiazole rings is 1. The summed E-state index contributed by atoms with van der Waals surface area (Å²) in [6, 6.07) is 5.62. The number of methoxy groups -OCH3 is 1. The molecule has 2 atom stereocenters. The molecule has 3 heterocycles. The zero-order chi connectivity index (χ0) is 23.6. The minimum Gasteiger partial charge on any atom is -0.379 e. The van der Waals surface area contributed by atoms with Crippen molar-refractivity contribution in [1.82, 2.24) is 15.6 Å². The lowest BCUT2D eigenvalue weighted by atomic mass is 10.1. The van der Waals surface area contributed by atoms with E-state index in [4.69, 9.17) is 11.2 Å². The number of thioether (sulfide) groups is 1. The predicted molar refractivity (Wildman–Crippen MR) is 128 cm³/mol. The van der Waals surface area contributed by atoms with Gasteiger partial charge in [-0.05, 0) is 24.6 Å². The molecular weight excluding hydrogens is 464 g/mol. The average Bonchev–Trinajstić information content (AvgIpc) is 3.54. The molecule has 1 aromatic heterocycles. The van der Waals surface area contributed by atoms with Gasteiger partial charge in [0.1, 0.15) is 6.61 Å². The van der Waals surface area contributed by atoms with Crippen LogP contribution < -0.4 is 16.0 Å². The third kappa shape index (κ3) is 7.71. The molecule has 33 heavy (non-hydrogen) atoms. The van der Waals surface area contributed by atoms with Crippen molar-refractivity contribution in [3.8, 4) is 12.3 Å². The minimum absolute atomic E-state index is 0.0209. The number of carbonyl (C=O) groups excluding carboxylic acids is 3. The van der Waals surface area contributed by atoms with Gasteiger partial charge in [0.05, 0.1) is 34.5 Å². The highest BCUT2D eigenvalue weighted by Crippen LogP contribution is 2.31. The van der Waals surface area contributed by atoms with Crippen LogP contribution >= 0.6 is 23.1 Å². The number of ether oxygens (including phenoxy) is 2. The van der Waals surface area contributed by atoms with Gasteiger partial charge in [0, 0.05) is 32.4 Å². The number of amides is 3. The third-order valence-electron chi connectivity index (χ3n) is 4.83. The van der Waals surface area contributed by atoms with Gasteiger partial charge in [-0.25, -0.2) is 4.98 Å². The van der Waals surface area contributed by atoms with Crippen molar-refractivity contribution < 1.29 is 23.9 Å². The Labute approximate surface area is 200 Å². The van der Waals surface area contributed by atoms with E-state index in [2.05, 4.69) is 31.6 Å². The second-order valence-electron chi connectivity index (χ2n) is 7.41. The third-order valence-corrected chi connectivity index (χ3v) is 6.99. The van der Waals surface area contributed by atoms with Crippen LogP contribution in [0.25, 0.3) is 10.2 Å². The molecule has 1 aromatic carbocycles. The summed E-state index contributed by atoms with van der Waals surface area (Å²) in [5.41, 5.74) is 1.50. The van der Waals surface area contributed by atoms with E-state index >= 15 is 0 Å². The number of aromatic nitrogens is 1. The molecule has 0 spiro atoms. The Hall–Kier alpha value is -2.65. The summed E-state index contributed by atoms with van der Waals surface area (Å²) in [6.07, 6.45) is 5.85. The van der Waals surface area contributed by atoms with Crippen LogP contribution in [0.2, 0.25) is 0 Å². The first-order valence-electron chi connectivity index (χ1n) is 10.4. The van der Waals surface area contributed by atoms with Gasteiger partial charge in [-0.15, -0.1) is 17.8 Å². The number of carbonyl (C=O) groups is 3. The number of nitrogens with zero attached hydrogens (tertiary/aromatic N) is 1. The van der Waals surface area contributed by atoms with Gasteiger partial charge in [0.15, 0.2) is 4.34 Å². The molecule has 4 rings (SSSR count). The first-order valence-corrected chi connectivity index (χ1v) is 12.2. The highest BCUT2D eigenvalue weighted by molar-refractivity contribution is 8.01. The van der Waals surface area contributed by atoms with Crippen LogP contribution in [0.3, 0.4) is 0 Å². The number of rotatable bonds is 7. The number of fused-ring (bicyclic) bond motifs is 1. The Morgan fingerprint density at radius 1 is 1.45 bits per heavy atom. The maximum atomic E-state index is 12.2. The fourth-order valence-corrected chi connectivity index (χ4v) is 5.13. The van der Waals surface area contributed by atoms with Gasteiger partial charge in [0.2, 0.25) is 17.7 Å². The van der Waals surface area contributed by atoms with E-state index in [1.807, 2.05) is 12.1 Å². The summed E-state index contributed by atoms with van der Waals surface area (Å²) in [6.45, 7) is 2.07. The number of hydrogen-bond acceptors (Lipinski definition) is 8. The van der Waals surface area contributed by atoms with Crippen LogP contribution in [0.15, 0.2) is 22.5 Å². The smallest absolute Gasteiger partial charge is 0.230 e. The molecule has 0 saturated carbocycles. The van der Waals surface area contributed by atoms with E-state index in [9.17, 15) is 14.4 Å². The van der Waals surface area contributed by atoms with Crippen LogP contribution in [-0.4, -0.2) is 68.0 Å². The van der Waals surface area contributed by atoms with Crippen LogP contribution in [0.1, 0.15) is 12.8 Å². The van der Waals surface area contributed by atoms with Gasteiger partial charge in [-0.2, -0.15) is 0 Å². The maximum Gasteiger partial charge on any atom is 0.230 e. The Morgan fingerprint density at radius 2 is 2.30 bits per heavy atom. The van der Waals surface area contributed by atoms with E-state index in [1.54, 1.807) is 13.2 Å². The van der Waals surface area contributed by atoms with Gasteiger partial charge in [-0.1, -0.05) is 17.7 Å². The van der Waals surface area contributed by atoms with Gasteiger partial charge in [-0.3, -0.25) is 14.4 Å². The summed E-state index contributed by atoms with van der Waals surface area (Å²) < 4.78 is 11.5. The van der Waals surface area contributed by atoms with Crippen molar-refractivity contribution in [3.63, 3.8) is 0 Å². The molecule has 0 aliphatic carbocycles. The molecule has 176 valence electrons. The molecule has 0 radical (unpaired) electrons. The Kier molecular flexibility index (Phi) is 9.50. The number of nitrogens with one attached hydrogen (secondary N) is 3. The molecule has 1 unspecified atom stereocenters. The summed E-state index contributed by atoms with van der Waals surface area (Å²) in [4.78, 5) is 40.1. The molecule has 2 saturated heterocycles. The Morgan fingerprint density at radius 3 is 2.94 bits per heavy atom. The topological polar surface area (TPSA) is 119 Å². The molecule has 3 N–H and O–H groups in total. The van der Waals surface area contributed by atoms with Crippen molar-refractivity contribution in [3.05, 3.63) is 18.2 Å². The van der Waals surface area contributed by atoms with E-state index in [0.717, 1.165) is 21.0 Å². The number of benzene rings is 1. The number of anilines is 1. The van der Waals surface area contributed by atoms with Crippen LogP contribution in [0, 0.1) is 18.3 Å². The van der Waals surface area contributed by atoms with E-state index in [-0.39, 0.29) is 36.1 Å². The van der Waals surface area contributed by atoms with E-state index in [1.165, 1.54) is 23.1 Å². The highest BCUT2D eigenvalue weighted by Gasteiger charge is 2.28. The Bertz CT molecular complexity index is 1030. The average molecular weight is 491 g/mol. The molecule has 11 heteroatoms. The number of hydrogen-bond donors (Lipinski definition) is 3. The second kappa shape index (κ2) is 12.6. The van der Waals surface area contributed by atoms with Crippen molar-refractivity contribution >= 4 is 56.7 Å². The molecular formula is C22H26N4O5S2. The SMILES string of the molecule is C#CCOC.O=C1C[C@H](C(=O)Nc2ccc3nc(SCC(=O)NC4CCOC4)sc3c2)CN1. The summed E-state index contributed by atoms with van der Waals surface area (Å²) in [5.74, 6) is 1.99. The van der Waals surface area contributed by atoms with Crippen molar-refractivity contribution in [2.75, 3.05) is 44.5 Å². The first-order chi connectivity index (χ1) is 16.0. The standard InChI is InChI=1S/C18H20N4O4S2.C4H6O/c23-15-5-10(7-19-15)17(25)21-11-1-2-13-14(6-11)28-18(22-13)27-9-16(24)20-12-3-4-26-8-12;1-3-4-5-2/h1-2,6,10,12H,3-5,7-9H2,(H,19,23)(H,20,24)(H,21,25);1H,4H2,2H3/t10-,12?;/m0./s1. The largest absolute Gasteiger partial charge is 0.379 e. The molecule has 0 bridgehead atoms. The van der Waals surface area contributed by atoms with Gasteiger partial charge < -0.3 is 25.4 Å². The number of terminal acetylenes is 1. The summed E-state index contributed by atoms with van der Waals surface area (Å²) in [5, 5.41) is 8.49. The fraction of sp³-hybridized carbons (Fsp3) is 0.455. The van der Waals surface area contributed by atoms with Crippen molar-refractivity contribution in [2.24, 2.45) is 5.92 Å². The highest BCUT2D eigenvalue weighted by atomic mass is 32.2. The normalized spacial score (nSPS) is 19.3. The Balaban J connectivity index is 0.000000555. The molecule has 2 aliphatic rings. The molecule has 9 nitrogen and oxygen atoms in total. The van der Waals surface area contributed by atoms with Crippen LogP contribution in [0.4, 0.5) is 5.69 Å². The summed E-state index contributed by atoms with van der Waals surface area (Å²) in [7, 11) is 1.57. The molecule has 3 amide bonds. The minimum atomic E-state index is -0.334. The van der Waals surface area contributed by atoms with Crippen LogP contribution in [0.5, 0.6) is 0 Å². The maximum absolute atomic E-state index is 12.2. The van der Waals surface area contributed by atoms with Gasteiger partial charge in [0.25, 0.3) is 0 Å². The quantitative estimate of drug-likeness (QED) is 0.399. The lowest BCUT2D eigenvalue weighted by Crippen LogP contribution is -2.36. The lowest BCUT2D eigenvalue weighted by Gasteiger charge is -2.09. The van der Waals surface area contributed by atoms with Crippen molar-refractivity contribution in [2.45, 2.75) is 23.2 Å². The molecule has 2 aliphatic heterocycles. The monoisotopic (exact) mass is 490 g/mol. The predicted octanol–water partition coefficient (Wildman–Crippen LogP) is 1.63. The summed E-state index contributed by atoms with van der Waals surface area (Å²) >= 11 is 2.88. The van der Waals surface area contributed by atoms with E-state index < -0.39 is 0 Å². The zero-order valence-corrected chi connectivity index (χ0v) is 19.9. The molecule has 2 fully saturated rings. The fourth-order valence-electron chi connectivity index (χ4n) is 3.21. The lowest BCUT2D eigenvalue weighted by molar-refractivity contribution is -0.123. The van der Waals surface area contributed by atoms with Crippen molar-refractivity contribution in [1.29, 1.82) is 0 Å². The zero-order valence-electron chi connectivity index (χ0n) is 18.2. The van der Waals surface area contributed by atoms with Gasteiger partial charge >= 0.3 is 0 Å². The first kappa shape index (κ1) is 25.0. The second-order valence-corrected chi connectivity index (χ2v) is 9.66. The van der Waals surface area contributed by atoms with Crippen LogP contribution in [-0.2, 0) is 23.9 Å². The van der Waals surface area contributed by atoms with E-state index in [0.29, 0.717) is 37.8 Å². The molecule has 2 aromatic rings.